The first-order chi connectivity index (χ1) is 12.1. The van der Waals surface area contributed by atoms with Crippen LogP contribution in [0.15, 0.2) is 0 Å². The summed E-state index contributed by atoms with van der Waals surface area (Å²) >= 11 is 0. The van der Waals surface area contributed by atoms with Gasteiger partial charge in [-0.2, -0.15) is 0 Å². The maximum atomic E-state index is 9.86. The summed E-state index contributed by atoms with van der Waals surface area (Å²) in [6.07, 6.45) is 7.79. The van der Waals surface area contributed by atoms with Crippen molar-refractivity contribution in [2.75, 3.05) is 13.2 Å². The van der Waals surface area contributed by atoms with Crippen LogP contribution in [-0.2, 0) is 9.47 Å². The number of aliphatic hydroxyl groups is 4. The zero-order chi connectivity index (χ0) is 18.5. The summed E-state index contributed by atoms with van der Waals surface area (Å²) in [5.74, 6) is 0. The summed E-state index contributed by atoms with van der Waals surface area (Å²) in [6, 6.07) is 0. The monoisotopic (exact) mass is 362 g/mol. The highest BCUT2D eigenvalue weighted by atomic mass is 16.7. The lowest BCUT2D eigenvalue weighted by Crippen LogP contribution is -2.59. The molecule has 6 heteroatoms. The molecule has 0 radical (unpaired) electrons. The van der Waals surface area contributed by atoms with Crippen molar-refractivity contribution in [3.8, 4) is 0 Å². The molecule has 0 aromatic carbocycles. The summed E-state index contributed by atoms with van der Waals surface area (Å²) in [4.78, 5) is 0. The Kier molecular flexibility index (Phi) is 12.7. The third-order valence-electron chi connectivity index (χ3n) is 4.88. The van der Waals surface area contributed by atoms with E-state index >= 15 is 0 Å². The van der Waals surface area contributed by atoms with Gasteiger partial charge >= 0.3 is 0 Å². The Balaban J connectivity index is 1.99. The van der Waals surface area contributed by atoms with E-state index in [4.69, 9.17) is 14.6 Å². The lowest BCUT2D eigenvalue weighted by Gasteiger charge is -2.39. The zero-order valence-corrected chi connectivity index (χ0v) is 15.7. The standard InChI is InChI=1S/C19H38O6/c1-2-3-4-5-6-7-8-9-10-11-12-13-24-19-18(23)17(22)16(21)15(14-20)25-19/h15-23H,2-14H2,1H3/t15-,16+,17+,18-,19?/m1/s1. The average molecular weight is 363 g/mol. The van der Waals surface area contributed by atoms with Crippen LogP contribution in [0.3, 0.4) is 0 Å². The number of hydrogen-bond acceptors (Lipinski definition) is 6. The number of rotatable bonds is 14. The van der Waals surface area contributed by atoms with Crippen LogP contribution in [0.5, 0.6) is 0 Å². The van der Waals surface area contributed by atoms with Crippen LogP contribution in [0.4, 0.5) is 0 Å². The molecule has 150 valence electrons. The highest BCUT2D eigenvalue weighted by Crippen LogP contribution is 2.22. The van der Waals surface area contributed by atoms with E-state index in [0.717, 1.165) is 12.8 Å². The van der Waals surface area contributed by atoms with Gasteiger partial charge < -0.3 is 29.9 Å². The van der Waals surface area contributed by atoms with Gasteiger partial charge in [-0.15, -0.1) is 0 Å². The first-order valence-corrected chi connectivity index (χ1v) is 10.0. The Morgan fingerprint density at radius 2 is 1.24 bits per heavy atom. The van der Waals surface area contributed by atoms with Gasteiger partial charge in [0, 0.05) is 6.61 Å². The van der Waals surface area contributed by atoms with Gasteiger partial charge in [-0.3, -0.25) is 0 Å². The molecule has 4 N–H and O–H groups in total. The molecule has 1 saturated heterocycles. The third-order valence-corrected chi connectivity index (χ3v) is 4.88. The molecule has 1 unspecified atom stereocenters. The maximum Gasteiger partial charge on any atom is 0.186 e. The van der Waals surface area contributed by atoms with Gasteiger partial charge in [0.1, 0.15) is 24.4 Å². The molecule has 0 spiro atoms. The molecule has 1 rings (SSSR count). The molecule has 1 aliphatic heterocycles. The summed E-state index contributed by atoms with van der Waals surface area (Å²) in [5.41, 5.74) is 0. The average Bonchev–Trinajstić information content (AvgIpc) is 2.62. The molecule has 0 amide bonds. The topological polar surface area (TPSA) is 99.4 Å². The Bertz CT molecular complexity index is 312. The van der Waals surface area contributed by atoms with Gasteiger partial charge in [0.15, 0.2) is 6.29 Å². The molecule has 0 bridgehead atoms. The second-order valence-corrected chi connectivity index (χ2v) is 7.10. The second-order valence-electron chi connectivity index (χ2n) is 7.10. The minimum atomic E-state index is -1.37. The Morgan fingerprint density at radius 3 is 1.76 bits per heavy atom. The third kappa shape index (κ3) is 8.80. The molecule has 0 aromatic heterocycles. The van der Waals surface area contributed by atoms with Crippen molar-refractivity contribution in [2.24, 2.45) is 0 Å². The lowest BCUT2D eigenvalue weighted by atomic mass is 9.99. The van der Waals surface area contributed by atoms with E-state index in [0.29, 0.717) is 6.61 Å². The number of unbranched alkanes of at least 4 members (excludes halogenated alkanes) is 10. The van der Waals surface area contributed by atoms with Crippen molar-refractivity contribution < 1.29 is 29.9 Å². The van der Waals surface area contributed by atoms with E-state index in [1.54, 1.807) is 0 Å². The lowest BCUT2D eigenvalue weighted by molar-refractivity contribution is -0.301. The minimum Gasteiger partial charge on any atom is -0.394 e. The van der Waals surface area contributed by atoms with Crippen molar-refractivity contribution in [1.82, 2.24) is 0 Å². The van der Waals surface area contributed by atoms with Crippen molar-refractivity contribution in [1.29, 1.82) is 0 Å². The molecule has 0 aromatic rings. The molecule has 1 heterocycles. The van der Waals surface area contributed by atoms with E-state index in [1.807, 2.05) is 0 Å². The van der Waals surface area contributed by atoms with Crippen LogP contribution >= 0.6 is 0 Å². The molecule has 1 fully saturated rings. The smallest absolute Gasteiger partial charge is 0.186 e. The maximum absolute atomic E-state index is 9.86. The van der Waals surface area contributed by atoms with Gasteiger partial charge in [0.05, 0.1) is 6.61 Å². The van der Waals surface area contributed by atoms with Crippen LogP contribution in [0.2, 0.25) is 0 Å². The van der Waals surface area contributed by atoms with Crippen molar-refractivity contribution in [3.05, 3.63) is 0 Å². The fourth-order valence-electron chi connectivity index (χ4n) is 3.17. The first-order valence-electron chi connectivity index (χ1n) is 10.0. The van der Waals surface area contributed by atoms with E-state index in [1.165, 1.54) is 57.8 Å². The summed E-state index contributed by atoms with van der Waals surface area (Å²) in [6.45, 7) is 2.24. The highest BCUT2D eigenvalue weighted by molar-refractivity contribution is 4.88. The van der Waals surface area contributed by atoms with Crippen molar-refractivity contribution in [3.63, 3.8) is 0 Å². The molecule has 6 nitrogen and oxygen atoms in total. The zero-order valence-electron chi connectivity index (χ0n) is 15.7. The van der Waals surface area contributed by atoms with Gasteiger partial charge in [-0.25, -0.2) is 0 Å². The fraction of sp³-hybridized carbons (Fsp3) is 1.00. The molecule has 5 atom stereocenters. The van der Waals surface area contributed by atoms with Crippen molar-refractivity contribution >= 4 is 0 Å². The molecule has 1 aliphatic rings. The molecular weight excluding hydrogens is 324 g/mol. The number of aliphatic hydroxyl groups excluding tert-OH is 4. The van der Waals surface area contributed by atoms with Gasteiger partial charge in [-0.05, 0) is 6.42 Å². The van der Waals surface area contributed by atoms with Gasteiger partial charge in [0.25, 0.3) is 0 Å². The van der Waals surface area contributed by atoms with E-state index in [-0.39, 0.29) is 0 Å². The second kappa shape index (κ2) is 13.9. The van der Waals surface area contributed by atoms with Crippen LogP contribution in [-0.4, -0.2) is 64.3 Å². The molecule has 25 heavy (non-hydrogen) atoms. The normalized spacial score (nSPS) is 29.9. The Labute approximate surface area is 152 Å². The van der Waals surface area contributed by atoms with E-state index in [2.05, 4.69) is 6.92 Å². The van der Waals surface area contributed by atoms with E-state index < -0.39 is 37.3 Å². The molecule has 0 aliphatic carbocycles. The van der Waals surface area contributed by atoms with E-state index in [9.17, 15) is 15.3 Å². The quantitative estimate of drug-likeness (QED) is 0.353. The molecule has 0 saturated carbocycles. The minimum absolute atomic E-state index is 0.427. The van der Waals surface area contributed by atoms with Gasteiger partial charge in [-0.1, -0.05) is 71.1 Å². The number of hydrogen-bond donors (Lipinski definition) is 4. The SMILES string of the molecule is CCCCCCCCCCCCCOC1O[C@H](CO)[C@H](O)[C@H](O)[C@H]1O. The molecular formula is C19H38O6. The predicted molar refractivity (Wildman–Crippen MR) is 96.2 cm³/mol. The summed E-state index contributed by atoms with van der Waals surface area (Å²) < 4.78 is 10.8. The largest absolute Gasteiger partial charge is 0.394 e. The Hall–Kier alpha value is -0.240. The predicted octanol–water partition coefficient (Wildman–Crippen LogP) is 2.11. The van der Waals surface area contributed by atoms with Crippen LogP contribution < -0.4 is 0 Å². The van der Waals surface area contributed by atoms with Crippen LogP contribution in [0.25, 0.3) is 0 Å². The van der Waals surface area contributed by atoms with Gasteiger partial charge in [0.2, 0.25) is 0 Å². The number of ether oxygens (including phenoxy) is 2. The first kappa shape index (κ1) is 22.8. The summed E-state index contributed by atoms with van der Waals surface area (Å²) in [7, 11) is 0. The fourth-order valence-corrected chi connectivity index (χ4v) is 3.17. The highest BCUT2D eigenvalue weighted by Gasteiger charge is 2.43. The summed E-state index contributed by atoms with van der Waals surface area (Å²) in [5, 5.41) is 38.4. The van der Waals surface area contributed by atoms with Crippen LogP contribution in [0.1, 0.15) is 77.6 Å². The van der Waals surface area contributed by atoms with Crippen LogP contribution in [0, 0.1) is 0 Å². The van der Waals surface area contributed by atoms with Crippen molar-refractivity contribution in [2.45, 2.75) is 108 Å². The Morgan fingerprint density at radius 1 is 0.720 bits per heavy atom.